The quantitative estimate of drug-likeness (QED) is 0.504. The molecule has 0 aliphatic rings. The van der Waals surface area contributed by atoms with Crippen molar-refractivity contribution in [2.45, 2.75) is 13.8 Å². The van der Waals surface area contributed by atoms with Crippen molar-refractivity contribution in [1.82, 2.24) is 19.5 Å². The summed E-state index contributed by atoms with van der Waals surface area (Å²) >= 11 is 0. The second kappa shape index (κ2) is 8.66. The molecule has 1 amide bonds. The summed E-state index contributed by atoms with van der Waals surface area (Å²) in [6, 6.07) is 15.9. The van der Waals surface area contributed by atoms with Crippen LogP contribution in [0.1, 0.15) is 22.0 Å². The van der Waals surface area contributed by atoms with Gasteiger partial charge in [0.2, 0.25) is 5.88 Å². The van der Waals surface area contributed by atoms with Crippen LogP contribution in [0.5, 0.6) is 17.4 Å². The maximum Gasteiger partial charge on any atom is 0.259 e. The number of hydrogen-bond donors (Lipinski definition) is 1. The molecule has 0 unspecified atom stereocenters. The Kier molecular flexibility index (Phi) is 5.61. The fourth-order valence-electron chi connectivity index (χ4n) is 3.08. The van der Waals surface area contributed by atoms with Gasteiger partial charge >= 0.3 is 0 Å². The van der Waals surface area contributed by atoms with E-state index < -0.39 is 0 Å². The molecule has 0 aliphatic heterocycles. The molecule has 2 aromatic heterocycles. The smallest absolute Gasteiger partial charge is 0.259 e. The lowest BCUT2D eigenvalue weighted by atomic mass is 10.2. The molecule has 0 spiro atoms. The molecule has 8 nitrogen and oxygen atoms in total. The Labute approximate surface area is 179 Å². The third-order valence-corrected chi connectivity index (χ3v) is 4.56. The number of amides is 1. The fourth-order valence-corrected chi connectivity index (χ4v) is 3.08. The van der Waals surface area contributed by atoms with Crippen LogP contribution in [0.25, 0.3) is 5.82 Å². The predicted octanol–water partition coefficient (Wildman–Crippen LogP) is 4.33. The fraction of sp³-hybridized carbons (Fsp3) is 0.130. The van der Waals surface area contributed by atoms with Crippen molar-refractivity contribution in [1.29, 1.82) is 0 Å². The number of nitrogens with one attached hydrogen (secondary N) is 1. The molecular formula is C23H21N5O3. The standard InChI is InChI=1S/C23H21N5O3/c1-15-25-21(28-13-12-24-16(28)2)14-22(26-15)31-18-10-8-17(9-11-18)27-23(29)19-6-4-5-7-20(19)30-3/h4-14H,1-3H3,(H,27,29). The number of anilines is 1. The van der Waals surface area contributed by atoms with Crippen LogP contribution in [0.4, 0.5) is 5.69 Å². The maximum absolute atomic E-state index is 12.5. The van der Waals surface area contributed by atoms with Crippen molar-refractivity contribution >= 4 is 11.6 Å². The monoisotopic (exact) mass is 415 g/mol. The van der Waals surface area contributed by atoms with Gasteiger partial charge in [-0.1, -0.05) is 12.1 Å². The van der Waals surface area contributed by atoms with E-state index in [-0.39, 0.29) is 5.91 Å². The maximum atomic E-state index is 12.5. The number of methoxy groups -OCH3 is 1. The average Bonchev–Trinajstić information content (AvgIpc) is 3.20. The number of aromatic nitrogens is 4. The highest BCUT2D eigenvalue weighted by atomic mass is 16.5. The predicted molar refractivity (Wildman–Crippen MR) is 116 cm³/mol. The Morgan fingerprint density at radius 2 is 1.81 bits per heavy atom. The van der Waals surface area contributed by atoms with Gasteiger partial charge in [-0.2, -0.15) is 4.98 Å². The highest BCUT2D eigenvalue weighted by Gasteiger charge is 2.12. The SMILES string of the molecule is COc1ccccc1C(=O)Nc1ccc(Oc2cc(-n3ccnc3C)nc(C)n2)cc1. The Balaban J connectivity index is 1.49. The molecule has 2 heterocycles. The van der Waals surface area contributed by atoms with Crippen molar-refractivity contribution in [2.75, 3.05) is 12.4 Å². The number of carbonyl (C=O) groups is 1. The minimum Gasteiger partial charge on any atom is -0.496 e. The van der Waals surface area contributed by atoms with Crippen molar-refractivity contribution in [3.8, 4) is 23.2 Å². The van der Waals surface area contributed by atoms with E-state index in [0.717, 1.165) is 5.82 Å². The number of ether oxygens (including phenoxy) is 2. The number of carbonyl (C=O) groups excluding carboxylic acids is 1. The van der Waals surface area contributed by atoms with Gasteiger partial charge in [0.25, 0.3) is 5.91 Å². The van der Waals surface area contributed by atoms with Crippen LogP contribution in [-0.2, 0) is 0 Å². The molecule has 4 rings (SSSR count). The van der Waals surface area contributed by atoms with Crippen molar-refractivity contribution in [3.63, 3.8) is 0 Å². The van der Waals surface area contributed by atoms with Gasteiger partial charge in [-0.3, -0.25) is 9.36 Å². The Hall–Kier alpha value is -4.20. The van der Waals surface area contributed by atoms with E-state index in [0.29, 0.717) is 40.3 Å². The molecular weight excluding hydrogens is 394 g/mol. The molecule has 1 N–H and O–H groups in total. The lowest BCUT2D eigenvalue weighted by Crippen LogP contribution is -2.13. The first kappa shape index (κ1) is 20.1. The van der Waals surface area contributed by atoms with E-state index in [1.54, 1.807) is 61.7 Å². The van der Waals surface area contributed by atoms with Crippen molar-refractivity contribution in [2.24, 2.45) is 0 Å². The van der Waals surface area contributed by atoms with E-state index in [4.69, 9.17) is 9.47 Å². The van der Waals surface area contributed by atoms with Gasteiger partial charge in [0.05, 0.1) is 12.7 Å². The number of benzene rings is 2. The molecule has 0 saturated carbocycles. The molecule has 0 saturated heterocycles. The summed E-state index contributed by atoms with van der Waals surface area (Å²) in [6.07, 6.45) is 3.55. The lowest BCUT2D eigenvalue weighted by Gasteiger charge is -2.11. The number of rotatable bonds is 6. The van der Waals surface area contributed by atoms with Gasteiger partial charge < -0.3 is 14.8 Å². The molecule has 0 fully saturated rings. The zero-order chi connectivity index (χ0) is 21.8. The van der Waals surface area contributed by atoms with E-state index in [2.05, 4.69) is 20.3 Å². The van der Waals surface area contributed by atoms with Crippen LogP contribution in [0.3, 0.4) is 0 Å². The Morgan fingerprint density at radius 1 is 1.03 bits per heavy atom. The second-order valence-electron chi connectivity index (χ2n) is 6.74. The van der Waals surface area contributed by atoms with Gasteiger partial charge in [-0.25, -0.2) is 9.97 Å². The summed E-state index contributed by atoms with van der Waals surface area (Å²) < 4.78 is 13.0. The van der Waals surface area contributed by atoms with Crippen LogP contribution < -0.4 is 14.8 Å². The zero-order valence-corrected chi connectivity index (χ0v) is 17.4. The summed E-state index contributed by atoms with van der Waals surface area (Å²) in [6.45, 7) is 3.70. The molecule has 0 bridgehead atoms. The highest BCUT2D eigenvalue weighted by Crippen LogP contribution is 2.24. The largest absolute Gasteiger partial charge is 0.496 e. The Bertz CT molecular complexity index is 1220. The lowest BCUT2D eigenvalue weighted by molar-refractivity contribution is 0.102. The van der Waals surface area contributed by atoms with Crippen LogP contribution in [0.15, 0.2) is 67.0 Å². The minimum absolute atomic E-state index is 0.252. The van der Waals surface area contributed by atoms with Crippen LogP contribution in [0.2, 0.25) is 0 Å². The normalized spacial score (nSPS) is 10.5. The van der Waals surface area contributed by atoms with E-state index in [1.807, 2.05) is 23.8 Å². The number of hydrogen-bond acceptors (Lipinski definition) is 6. The minimum atomic E-state index is -0.252. The van der Waals surface area contributed by atoms with Gasteiger partial charge in [0.1, 0.15) is 29.0 Å². The number of aryl methyl sites for hydroxylation is 2. The molecule has 0 aliphatic carbocycles. The van der Waals surface area contributed by atoms with Crippen molar-refractivity contribution in [3.05, 3.63) is 84.2 Å². The number of imidazole rings is 1. The van der Waals surface area contributed by atoms with Crippen LogP contribution in [-0.4, -0.2) is 32.5 Å². The first-order chi connectivity index (χ1) is 15.0. The summed E-state index contributed by atoms with van der Waals surface area (Å²) in [5.41, 5.74) is 1.10. The zero-order valence-electron chi connectivity index (χ0n) is 17.4. The van der Waals surface area contributed by atoms with Gasteiger partial charge in [-0.15, -0.1) is 0 Å². The number of para-hydroxylation sites is 1. The number of nitrogens with zero attached hydrogens (tertiary/aromatic N) is 4. The van der Waals surface area contributed by atoms with E-state index in [1.165, 1.54) is 7.11 Å². The molecule has 31 heavy (non-hydrogen) atoms. The molecule has 0 atom stereocenters. The second-order valence-corrected chi connectivity index (χ2v) is 6.74. The summed E-state index contributed by atoms with van der Waals surface area (Å²) in [7, 11) is 1.53. The first-order valence-corrected chi connectivity index (χ1v) is 9.62. The molecule has 0 radical (unpaired) electrons. The third kappa shape index (κ3) is 4.53. The molecule has 4 aromatic rings. The van der Waals surface area contributed by atoms with Gasteiger partial charge in [-0.05, 0) is 50.2 Å². The van der Waals surface area contributed by atoms with Crippen molar-refractivity contribution < 1.29 is 14.3 Å². The molecule has 8 heteroatoms. The van der Waals surface area contributed by atoms with E-state index >= 15 is 0 Å². The van der Waals surface area contributed by atoms with Crippen LogP contribution in [0, 0.1) is 13.8 Å². The highest BCUT2D eigenvalue weighted by molar-refractivity contribution is 6.06. The summed E-state index contributed by atoms with van der Waals surface area (Å²) in [4.78, 5) is 25.5. The first-order valence-electron chi connectivity index (χ1n) is 9.62. The van der Waals surface area contributed by atoms with Crippen LogP contribution >= 0.6 is 0 Å². The summed E-state index contributed by atoms with van der Waals surface area (Å²) in [5.74, 6) is 3.35. The van der Waals surface area contributed by atoms with Gasteiger partial charge in [0, 0.05) is 24.1 Å². The molecule has 156 valence electrons. The topological polar surface area (TPSA) is 91.2 Å². The molecule has 2 aromatic carbocycles. The third-order valence-electron chi connectivity index (χ3n) is 4.56. The van der Waals surface area contributed by atoms with E-state index in [9.17, 15) is 4.79 Å². The Morgan fingerprint density at radius 3 is 2.52 bits per heavy atom. The van der Waals surface area contributed by atoms with Gasteiger partial charge in [0.15, 0.2) is 0 Å². The average molecular weight is 415 g/mol. The summed E-state index contributed by atoms with van der Waals surface area (Å²) in [5, 5.41) is 2.86.